The number of aliphatic carboxylic acids is 1. The van der Waals surface area contributed by atoms with Crippen molar-refractivity contribution in [3.8, 4) is 0 Å². The van der Waals surface area contributed by atoms with E-state index in [4.69, 9.17) is 0 Å². The maximum Gasteiger partial charge on any atom is 0.309 e. The lowest BCUT2D eigenvalue weighted by Gasteiger charge is -2.35. The van der Waals surface area contributed by atoms with Gasteiger partial charge in [0.05, 0.1) is 5.41 Å². The molecule has 0 amide bonds. The van der Waals surface area contributed by atoms with Crippen molar-refractivity contribution in [2.24, 2.45) is 11.3 Å². The summed E-state index contributed by atoms with van der Waals surface area (Å²) in [6.07, 6.45) is 6.95. The summed E-state index contributed by atoms with van der Waals surface area (Å²) in [4.78, 5) is 15.9. The molecule has 1 aromatic heterocycles. The van der Waals surface area contributed by atoms with Crippen molar-refractivity contribution in [3.63, 3.8) is 0 Å². The highest BCUT2D eigenvalue weighted by molar-refractivity contribution is 5.74. The number of carboxylic acid groups (broad SMARTS) is 1. The van der Waals surface area contributed by atoms with Crippen molar-refractivity contribution in [2.75, 3.05) is 0 Å². The first kappa shape index (κ1) is 13.1. The van der Waals surface area contributed by atoms with Gasteiger partial charge in [-0.3, -0.25) is 9.78 Å². The fourth-order valence-corrected chi connectivity index (χ4v) is 2.80. The molecule has 1 fully saturated rings. The predicted molar refractivity (Wildman–Crippen MR) is 70.3 cm³/mol. The van der Waals surface area contributed by atoms with Gasteiger partial charge in [-0.25, -0.2) is 0 Å². The van der Waals surface area contributed by atoms with Crippen LogP contribution in [0.5, 0.6) is 0 Å². The molecular formula is C15H21NO2. The summed E-state index contributed by atoms with van der Waals surface area (Å²) in [5.74, 6) is 0.0534. The molecule has 3 heteroatoms. The Labute approximate surface area is 108 Å². The van der Waals surface area contributed by atoms with Crippen molar-refractivity contribution in [1.29, 1.82) is 0 Å². The Hall–Kier alpha value is -1.38. The molecule has 0 bridgehead atoms. The molecule has 0 saturated heterocycles. The highest BCUT2D eigenvalue weighted by atomic mass is 16.4. The molecule has 1 aromatic rings. The van der Waals surface area contributed by atoms with Crippen LogP contribution in [-0.4, -0.2) is 16.1 Å². The van der Waals surface area contributed by atoms with Crippen molar-refractivity contribution in [3.05, 3.63) is 30.1 Å². The van der Waals surface area contributed by atoms with Gasteiger partial charge in [0.2, 0.25) is 0 Å². The molecule has 0 aliphatic heterocycles. The van der Waals surface area contributed by atoms with Gasteiger partial charge in [0.25, 0.3) is 0 Å². The molecule has 1 aliphatic rings. The summed E-state index contributed by atoms with van der Waals surface area (Å²) >= 11 is 0. The van der Waals surface area contributed by atoms with Gasteiger partial charge in [0, 0.05) is 11.9 Å². The van der Waals surface area contributed by atoms with Crippen LogP contribution in [0.2, 0.25) is 0 Å². The molecule has 3 nitrogen and oxygen atoms in total. The summed E-state index contributed by atoms with van der Waals surface area (Å²) in [7, 11) is 0. The molecular weight excluding hydrogens is 226 g/mol. The number of hydrogen-bond donors (Lipinski definition) is 1. The summed E-state index contributed by atoms with van der Waals surface area (Å²) in [6.45, 7) is 2.21. The third kappa shape index (κ3) is 2.89. The minimum atomic E-state index is -0.620. The molecule has 0 unspecified atom stereocenters. The molecule has 18 heavy (non-hydrogen) atoms. The summed E-state index contributed by atoms with van der Waals surface area (Å²) in [5.41, 5.74) is 0.487. The summed E-state index contributed by atoms with van der Waals surface area (Å²) in [6, 6.07) is 5.82. The molecule has 0 radical (unpaired) electrons. The predicted octanol–water partition coefficient (Wildman–Crippen LogP) is 3.30. The molecule has 2 rings (SSSR count). The second kappa shape index (κ2) is 5.51. The van der Waals surface area contributed by atoms with Crippen LogP contribution in [-0.2, 0) is 11.2 Å². The third-order valence-electron chi connectivity index (χ3n) is 4.27. The monoisotopic (exact) mass is 247 g/mol. The van der Waals surface area contributed by atoms with E-state index in [1.807, 2.05) is 18.2 Å². The minimum absolute atomic E-state index is 0.510. The van der Waals surface area contributed by atoms with Crippen molar-refractivity contribution in [1.82, 2.24) is 4.98 Å². The van der Waals surface area contributed by atoms with Crippen LogP contribution in [0.3, 0.4) is 0 Å². The van der Waals surface area contributed by atoms with Crippen molar-refractivity contribution in [2.45, 2.75) is 45.4 Å². The molecule has 1 aliphatic carbocycles. The smallest absolute Gasteiger partial charge is 0.309 e. The highest BCUT2D eigenvalue weighted by Crippen LogP contribution is 2.42. The van der Waals surface area contributed by atoms with Crippen molar-refractivity contribution >= 4 is 5.97 Å². The maximum absolute atomic E-state index is 11.6. The Bertz CT molecular complexity index is 394. The Morgan fingerprint density at radius 3 is 2.72 bits per heavy atom. The van der Waals surface area contributed by atoms with E-state index < -0.39 is 11.4 Å². The van der Waals surface area contributed by atoms with Crippen LogP contribution < -0.4 is 0 Å². The Balaban J connectivity index is 2.01. The van der Waals surface area contributed by atoms with Gasteiger partial charge < -0.3 is 5.11 Å². The van der Waals surface area contributed by atoms with Gasteiger partial charge in [0.15, 0.2) is 0 Å². The Morgan fingerprint density at radius 2 is 2.17 bits per heavy atom. The van der Waals surface area contributed by atoms with E-state index in [0.29, 0.717) is 12.3 Å². The van der Waals surface area contributed by atoms with E-state index in [-0.39, 0.29) is 0 Å². The largest absolute Gasteiger partial charge is 0.481 e. The fourth-order valence-electron chi connectivity index (χ4n) is 2.80. The number of aromatic nitrogens is 1. The highest BCUT2D eigenvalue weighted by Gasteiger charge is 2.40. The van der Waals surface area contributed by atoms with Gasteiger partial charge in [-0.2, -0.15) is 0 Å². The van der Waals surface area contributed by atoms with Crippen LogP contribution in [0.1, 0.15) is 44.7 Å². The van der Waals surface area contributed by atoms with E-state index in [0.717, 1.165) is 37.8 Å². The lowest BCUT2D eigenvalue weighted by Crippen LogP contribution is -2.35. The fraction of sp³-hybridized carbons (Fsp3) is 0.600. The van der Waals surface area contributed by atoms with E-state index in [2.05, 4.69) is 11.9 Å². The molecule has 98 valence electrons. The van der Waals surface area contributed by atoms with Crippen LogP contribution in [0, 0.1) is 11.3 Å². The van der Waals surface area contributed by atoms with Gasteiger partial charge in [-0.1, -0.05) is 13.0 Å². The van der Waals surface area contributed by atoms with Crippen LogP contribution in [0.4, 0.5) is 0 Å². The minimum Gasteiger partial charge on any atom is -0.481 e. The number of pyridine rings is 1. The average Bonchev–Trinajstić information content (AvgIpc) is 2.39. The van der Waals surface area contributed by atoms with E-state index in [9.17, 15) is 9.90 Å². The van der Waals surface area contributed by atoms with Crippen molar-refractivity contribution < 1.29 is 9.90 Å². The first-order chi connectivity index (χ1) is 8.62. The molecule has 1 saturated carbocycles. The van der Waals surface area contributed by atoms with Crippen LogP contribution >= 0.6 is 0 Å². The van der Waals surface area contributed by atoms with Gasteiger partial charge in [-0.05, 0) is 56.6 Å². The number of carboxylic acids is 1. The lowest BCUT2D eigenvalue weighted by molar-refractivity contribution is -0.152. The lowest BCUT2D eigenvalue weighted by atomic mass is 9.68. The second-order valence-electron chi connectivity index (χ2n) is 5.59. The molecule has 0 aromatic carbocycles. The average molecular weight is 247 g/mol. The molecule has 1 heterocycles. The number of nitrogens with zero attached hydrogens (tertiary/aromatic N) is 1. The number of aryl methyl sites for hydroxylation is 1. The Morgan fingerprint density at radius 1 is 1.44 bits per heavy atom. The zero-order valence-corrected chi connectivity index (χ0v) is 10.9. The van der Waals surface area contributed by atoms with Gasteiger partial charge in [0.1, 0.15) is 0 Å². The van der Waals surface area contributed by atoms with Gasteiger partial charge in [-0.15, -0.1) is 0 Å². The first-order valence-corrected chi connectivity index (χ1v) is 6.76. The Kier molecular flexibility index (Phi) is 4.00. The quantitative estimate of drug-likeness (QED) is 0.888. The number of hydrogen-bond acceptors (Lipinski definition) is 2. The summed E-state index contributed by atoms with van der Waals surface area (Å²) in [5, 5.41) is 9.53. The normalized spacial score (nSPS) is 27.9. The standard InChI is InChI=1S/C15H21NO2/c1-12-5-8-15(9-6-12,14(17)18)10-7-13-4-2-3-11-16-13/h2-4,11-12H,5-10H2,1H3,(H,17,18). The second-order valence-corrected chi connectivity index (χ2v) is 5.59. The van der Waals surface area contributed by atoms with Gasteiger partial charge >= 0.3 is 5.97 Å². The molecule has 1 N–H and O–H groups in total. The summed E-state index contributed by atoms with van der Waals surface area (Å²) < 4.78 is 0. The topological polar surface area (TPSA) is 50.2 Å². The number of rotatable bonds is 4. The third-order valence-corrected chi connectivity index (χ3v) is 4.27. The zero-order valence-electron chi connectivity index (χ0n) is 10.9. The van der Waals surface area contributed by atoms with E-state index in [1.165, 1.54) is 0 Å². The van der Waals surface area contributed by atoms with E-state index in [1.54, 1.807) is 6.20 Å². The van der Waals surface area contributed by atoms with E-state index >= 15 is 0 Å². The molecule has 0 atom stereocenters. The molecule has 0 spiro atoms. The van der Waals surface area contributed by atoms with Crippen LogP contribution in [0.15, 0.2) is 24.4 Å². The number of carbonyl (C=O) groups is 1. The first-order valence-electron chi connectivity index (χ1n) is 6.76. The van der Waals surface area contributed by atoms with Crippen LogP contribution in [0.25, 0.3) is 0 Å². The zero-order chi connectivity index (χ0) is 13.0. The SMILES string of the molecule is CC1CCC(CCc2ccccn2)(C(=O)O)CC1. The maximum atomic E-state index is 11.6.